The van der Waals surface area contributed by atoms with Gasteiger partial charge in [-0.15, -0.1) is 0 Å². The van der Waals surface area contributed by atoms with Crippen LogP contribution >= 0.6 is 0 Å². The highest BCUT2D eigenvalue weighted by atomic mass is 16.3. The summed E-state index contributed by atoms with van der Waals surface area (Å²) < 4.78 is 6.44. The minimum absolute atomic E-state index is 0.987. The Morgan fingerprint density at radius 1 is 0.377 bits per heavy atom. The van der Waals surface area contributed by atoms with E-state index in [0.29, 0.717) is 0 Å². The van der Waals surface area contributed by atoms with Crippen LogP contribution in [0.1, 0.15) is 17.7 Å². The maximum absolute atomic E-state index is 6.44. The van der Waals surface area contributed by atoms with Crippen molar-refractivity contribution in [1.82, 2.24) is 0 Å². The molecule has 53 heavy (non-hydrogen) atoms. The number of fused-ring (bicyclic) bond motifs is 7. The molecule has 0 fully saturated rings. The van der Waals surface area contributed by atoms with E-state index in [9.17, 15) is 0 Å². The third-order valence-corrected chi connectivity index (χ3v) is 11.3. The van der Waals surface area contributed by atoms with Crippen molar-refractivity contribution in [2.24, 2.45) is 0 Å². The van der Waals surface area contributed by atoms with Crippen LogP contribution in [0.4, 0.5) is 0 Å². The van der Waals surface area contributed by atoms with Crippen molar-refractivity contribution < 1.29 is 4.42 Å². The van der Waals surface area contributed by atoms with Crippen LogP contribution in [0.25, 0.3) is 105 Å². The molecule has 0 atom stereocenters. The molecule has 1 aliphatic carbocycles. The van der Waals surface area contributed by atoms with Crippen LogP contribution in [0.15, 0.2) is 180 Å². The van der Waals surface area contributed by atoms with Gasteiger partial charge in [-0.2, -0.15) is 0 Å². The van der Waals surface area contributed by atoms with E-state index in [1.807, 2.05) is 0 Å². The Balaban J connectivity index is 1.04. The highest BCUT2D eigenvalue weighted by molar-refractivity contribution is 6.22. The Morgan fingerprint density at radius 2 is 0.906 bits per heavy atom. The van der Waals surface area contributed by atoms with E-state index in [2.05, 4.69) is 182 Å². The van der Waals surface area contributed by atoms with Gasteiger partial charge in [-0.1, -0.05) is 164 Å². The first-order valence-electron chi connectivity index (χ1n) is 18.6. The van der Waals surface area contributed by atoms with Crippen molar-refractivity contribution >= 4 is 60.1 Å². The Bertz CT molecular complexity index is 3040. The first-order chi connectivity index (χ1) is 26.3. The van der Waals surface area contributed by atoms with Gasteiger partial charge in [-0.3, -0.25) is 0 Å². The lowest BCUT2D eigenvalue weighted by Crippen LogP contribution is -1.91. The van der Waals surface area contributed by atoms with Gasteiger partial charge in [0.15, 0.2) is 0 Å². The van der Waals surface area contributed by atoms with Crippen LogP contribution in [0.3, 0.4) is 0 Å². The molecule has 0 radical (unpaired) electrons. The molecule has 0 saturated carbocycles. The summed E-state index contributed by atoms with van der Waals surface area (Å²) >= 11 is 0. The number of para-hydroxylation sites is 1. The van der Waals surface area contributed by atoms with E-state index >= 15 is 0 Å². The summed E-state index contributed by atoms with van der Waals surface area (Å²) in [6, 6.07) is 62.5. The molecule has 10 aromatic rings. The van der Waals surface area contributed by atoms with Crippen LogP contribution in [-0.4, -0.2) is 0 Å². The molecule has 1 heteroatoms. The third-order valence-electron chi connectivity index (χ3n) is 11.3. The number of hydrogen-bond acceptors (Lipinski definition) is 1. The fourth-order valence-electron chi connectivity index (χ4n) is 8.84. The summed E-state index contributed by atoms with van der Waals surface area (Å²) in [7, 11) is 0. The molecule has 11 rings (SSSR count). The topological polar surface area (TPSA) is 13.1 Å². The summed E-state index contributed by atoms with van der Waals surface area (Å²) in [4.78, 5) is 0. The van der Waals surface area contributed by atoms with Gasteiger partial charge < -0.3 is 4.42 Å². The van der Waals surface area contributed by atoms with E-state index in [0.717, 1.165) is 29.7 Å². The summed E-state index contributed by atoms with van der Waals surface area (Å²) in [6.45, 7) is 0. The van der Waals surface area contributed by atoms with Gasteiger partial charge in [-0.25, -0.2) is 0 Å². The minimum atomic E-state index is 0.987. The van der Waals surface area contributed by atoms with E-state index in [1.54, 1.807) is 0 Å². The zero-order valence-electron chi connectivity index (χ0n) is 29.1. The number of furan rings is 1. The normalized spacial score (nSPS) is 12.7. The van der Waals surface area contributed by atoms with Crippen LogP contribution in [0, 0.1) is 0 Å². The maximum atomic E-state index is 6.44. The largest absolute Gasteiger partial charge is 0.456 e. The van der Waals surface area contributed by atoms with E-state index in [4.69, 9.17) is 4.42 Å². The van der Waals surface area contributed by atoms with Gasteiger partial charge in [0.05, 0.1) is 0 Å². The Labute approximate surface area is 308 Å². The summed E-state index contributed by atoms with van der Waals surface area (Å²) in [6.07, 6.45) is 6.44. The average Bonchev–Trinajstić information content (AvgIpc) is 3.61. The fourth-order valence-corrected chi connectivity index (χ4v) is 8.84. The molecule has 0 spiro atoms. The highest BCUT2D eigenvalue weighted by Gasteiger charge is 2.19. The van der Waals surface area contributed by atoms with Crippen LogP contribution in [-0.2, 0) is 6.42 Å². The van der Waals surface area contributed by atoms with Crippen LogP contribution in [0.5, 0.6) is 0 Å². The molecule has 0 unspecified atom stereocenters. The lowest BCUT2D eigenvalue weighted by Gasteiger charge is -2.18. The second-order valence-electron chi connectivity index (χ2n) is 14.3. The van der Waals surface area contributed by atoms with Crippen LogP contribution in [0.2, 0.25) is 0 Å². The molecular weight excluding hydrogens is 641 g/mol. The summed E-state index contributed by atoms with van der Waals surface area (Å²) in [5.41, 5.74) is 12.1. The van der Waals surface area contributed by atoms with Crippen molar-refractivity contribution in [3.05, 3.63) is 187 Å². The zero-order chi connectivity index (χ0) is 34.9. The smallest absolute Gasteiger partial charge is 0.142 e. The van der Waals surface area contributed by atoms with Crippen molar-refractivity contribution in [2.75, 3.05) is 0 Å². The number of aryl methyl sites for hydroxylation is 1. The Morgan fingerprint density at radius 3 is 1.64 bits per heavy atom. The first kappa shape index (κ1) is 30.0. The average molecular weight is 675 g/mol. The molecule has 9 aromatic carbocycles. The highest BCUT2D eigenvalue weighted by Crippen LogP contribution is 2.45. The van der Waals surface area contributed by atoms with Gasteiger partial charge >= 0.3 is 0 Å². The minimum Gasteiger partial charge on any atom is -0.456 e. The summed E-state index contributed by atoms with van der Waals surface area (Å²) in [5.74, 6) is 1.01. The Kier molecular flexibility index (Phi) is 6.75. The SMILES string of the molecule is C1=Cc2oc3c(-c4ccc5cc(-c6c7ccccc7c(-c7ccc(-c8cccc9ccccc89)cc7)c7ccccc67)ccc5c4)cccc3c2CC1. The lowest BCUT2D eigenvalue weighted by molar-refractivity contribution is 0.596. The lowest BCUT2D eigenvalue weighted by atomic mass is 9.85. The zero-order valence-corrected chi connectivity index (χ0v) is 29.1. The van der Waals surface area contributed by atoms with Gasteiger partial charge in [0.1, 0.15) is 11.3 Å². The van der Waals surface area contributed by atoms with Gasteiger partial charge in [0.25, 0.3) is 0 Å². The van der Waals surface area contributed by atoms with Crippen molar-refractivity contribution in [3.63, 3.8) is 0 Å². The number of allylic oxidation sites excluding steroid dienone is 1. The van der Waals surface area contributed by atoms with Gasteiger partial charge in [0, 0.05) is 16.5 Å². The molecule has 0 bridgehead atoms. The van der Waals surface area contributed by atoms with Crippen molar-refractivity contribution in [3.8, 4) is 44.5 Å². The van der Waals surface area contributed by atoms with Crippen molar-refractivity contribution in [1.29, 1.82) is 0 Å². The van der Waals surface area contributed by atoms with E-state index in [-0.39, 0.29) is 0 Å². The second kappa shape index (κ2) is 11.9. The first-order valence-corrected chi connectivity index (χ1v) is 18.6. The molecule has 1 heterocycles. The predicted molar refractivity (Wildman–Crippen MR) is 225 cm³/mol. The molecule has 1 aliphatic rings. The standard InChI is InChI=1S/C52H34O/c1-2-13-40-33(11-1)12-9-19-41(40)34-23-25-35(26-24-34)50-44-15-3-5-17-46(44)51(47-18-6-4-16-45(47)50)39-30-28-36-31-38(29-27-37(36)32-39)42-20-10-21-48-43-14-7-8-22-49(43)53-52(42)48/h1-6,8-13,15-32H,7,14H2. The quantitative estimate of drug-likeness (QED) is 0.169. The second-order valence-corrected chi connectivity index (χ2v) is 14.3. The van der Waals surface area contributed by atoms with Gasteiger partial charge in [0.2, 0.25) is 0 Å². The molecule has 248 valence electrons. The predicted octanol–water partition coefficient (Wildman–Crippen LogP) is 14.7. The summed E-state index contributed by atoms with van der Waals surface area (Å²) in [5, 5.41) is 11.3. The third kappa shape index (κ3) is 4.78. The number of hydrogen-bond donors (Lipinski definition) is 0. The molecule has 0 aliphatic heterocycles. The molecule has 0 saturated heterocycles. The molecular formula is C52H34O. The van der Waals surface area contributed by atoms with Crippen molar-refractivity contribution in [2.45, 2.75) is 12.8 Å². The molecule has 1 aromatic heterocycles. The molecule has 0 N–H and O–H groups in total. The Hall–Kier alpha value is -6.70. The maximum Gasteiger partial charge on any atom is 0.142 e. The number of rotatable bonds is 4. The van der Waals surface area contributed by atoms with Crippen LogP contribution < -0.4 is 0 Å². The number of benzene rings is 9. The van der Waals surface area contributed by atoms with E-state index in [1.165, 1.54) is 93.0 Å². The molecule has 1 nitrogen and oxygen atoms in total. The van der Waals surface area contributed by atoms with Gasteiger partial charge in [-0.05, 0) is 113 Å². The van der Waals surface area contributed by atoms with E-state index < -0.39 is 0 Å². The molecule has 0 amide bonds. The fraction of sp³-hybridized carbons (Fsp3) is 0.0385. The monoisotopic (exact) mass is 674 g/mol.